The van der Waals surface area contributed by atoms with Crippen molar-refractivity contribution in [3.8, 4) is 28.7 Å². The van der Waals surface area contributed by atoms with Crippen LogP contribution in [0.1, 0.15) is 19.4 Å². The summed E-state index contributed by atoms with van der Waals surface area (Å²) in [7, 11) is 1.59. The molecular weight excluding hydrogens is 368 g/mol. The Kier molecular flexibility index (Phi) is 5.85. The fourth-order valence-corrected chi connectivity index (χ4v) is 2.64. The maximum atomic E-state index is 12.5. The maximum absolute atomic E-state index is 12.5. The number of esters is 1. The van der Waals surface area contributed by atoms with Crippen molar-refractivity contribution in [2.45, 2.75) is 20.0 Å². The molecule has 0 aliphatic carbocycles. The van der Waals surface area contributed by atoms with Crippen LogP contribution in [0.2, 0.25) is 0 Å². The number of rotatable bonds is 4. The molecule has 0 radical (unpaired) electrons. The van der Waals surface area contributed by atoms with E-state index < -0.39 is 17.7 Å². The van der Waals surface area contributed by atoms with E-state index in [1.54, 1.807) is 45.2 Å². The van der Waals surface area contributed by atoms with Crippen LogP contribution >= 0.6 is 0 Å². The molecule has 2 aromatic carbocycles. The third-order valence-electron chi connectivity index (χ3n) is 4.19. The van der Waals surface area contributed by atoms with Gasteiger partial charge in [-0.1, -0.05) is 30.6 Å². The summed E-state index contributed by atoms with van der Waals surface area (Å²) >= 11 is 0. The molecule has 0 aliphatic rings. The predicted molar refractivity (Wildman–Crippen MR) is 112 cm³/mol. The monoisotopic (exact) mass is 388 g/mol. The number of benzene rings is 2. The molecule has 5 heteroatoms. The van der Waals surface area contributed by atoms with Gasteiger partial charge in [-0.25, -0.2) is 9.59 Å². The first-order valence-electron chi connectivity index (χ1n) is 8.98. The van der Waals surface area contributed by atoms with E-state index in [9.17, 15) is 9.59 Å². The van der Waals surface area contributed by atoms with Gasteiger partial charge >= 0.3 is 11.6 Å². The molecule has 3 aromatic rings. The topological polar surface area (TPSA) is 65.7 Å². The van der Waals surface area contributed by atoms with Crippen LogP contribution in [0.5, 0.6) is 5.75 Å². The second-order valence-electron chi connectivity index (χ2n) is 6.53. The largest absolute Gasteiger partial charge is 0.497 e. The summed E-state index contributed by atoms with van der Waals surface area (Å²) in [4.78, 5) is 24.0. The highest BCUT2D eigenvalue weighted by Crippen LogP contribution is 2.23. The molecule has 0 fully saturated rings. The van der Waals surface area contributed by atoms with Gasteiger partial charge in [-0.15, -0.1) is 0 Å². The first-order valence-corrected chi connectivity index (χ1v) is 8.98. The number of carbonyl (C=O) groups excluding carboxylic acids is 1. The molecule has 0 aliphatic heterocycles. The quantitative estimate of drug-likeness (QED) is 0.288. The molecule has 0 saturated heterocycles. The Labute approximate surface area is 168 Å². The van der Waals surface area contributed by atoms with Crippen LogP contribution in [0.3, 0.4) is 0 Å². The molecule has 1 unspecified atom stereocenters. The van der Waals surface area contributed by atoms with Gasteiger partial charge in [0, 0.05) is 16.5 Å². The lowest BCUT2D eigenvalue weighted by Gasteiger charge is -2.06. The summed E-state index contributed by atoms with van der Waals surface area (Å²) < 4.78 is 15.8. The van der Waals surface area contributed by atoms with Crippen molar-refractivity contribution in [2.75, 3.05) is 7.11 Å². The molecule has 0 saturated carbocycles. The summed E-state index contributed by atoms with van der Waals surface area (Å²) in [6, 6.07) is 14.3. The number of fused-ring (bicyclic) bond motifs is 1. The van der Waals surface area contributed by atoms with E-state index in [0.717, 1.165) is 10.9 Å². The molecule has 5 nitrogen and oxygen atoms in total. The van der Waals surface area contributed by atoms with Gasteiger partial charge < -0.3 is 13.9 Å². The Hall–Kier alpha value is -3.78. The van der Waals surface area contributed by atoms with Gasteiger partial charge in [-0.05, 0) is 55.8 Å². The van der Waals surface area contributed by atoms with Gasteiger partial charge in [0.2, 0.25) is 0 Å². The van der Waals surface area contributed by atoms with E-state index in [0.29, 0.717) is 28.0 Å². The van der Waals surface area contributed by atoms with Gasteiger partial charge in [0.25, 0.3) is 0 Å². The summed E-state index contributed by atoms with van der Waals surface area (Å²) in [6.07, 6.45) is -0.584. The standard InChI is InChI=1S/C24H20O5/c1-15(2)23(25)28-16(3)5-6-17-7-8-19-14-21(24(26)29-22(19)13-17)18-9-11-20(27-4)12-10-18/h7-14,16H,1H2,2-4H3. The molecule has 1 heterocycles. The zero-order chi connectivity index (χ0) is 21.0. The molecule has 0 amide bonds. The molecule has 3 rings (SSSR count). The Balaban J connectivity index is 1.88. The fourth-order valence-electron chi connectivity index (χ4n) is 2.64. The normalized spacial score (nSPS) is 11.3. The Morgan fingerprint density at radius 3 is 2.52 bits per heavy atom. The lowest BCUT2D eigenvalue weighted by molar-refractivity contribution is -0.140. The number of hydrogen-bond donors (Lipinski definition) is 0. The van der Waals surface area contributed by atoms with Crippen LogP contribution in [0, 0.1) is 11.8 Å². The molecular formula is C24H20O5. The molecule has 146 valence electrons. The zero-order valence-corrected chi connectivity index (χ0v) is 16.4. The Bertz CT molecular complexity index is 1190. The highest BCUT2D eigenvalue weighted by molar-refractivity contribution is 5.87. The van der Waals surface area contributed by atoms with Crippen LogP contribution in [-0.2, 0) is 9.53 Å². The summed E-state index contributed by atoms with van der Waals surface area (Å²) in [5.74, 6) is 6.00. The van der Waals surface area contributed by atoms with Gasteiger partial charge in [0.05, 0.1) is 12.7 Å². The number of ether oxygens (including phenoxy) is 2. The summed E-state index contributed by atoms with van der Waals surface area (Å²) in [6.45, 7) is 6.79. The third kappa shape index (κ3) is 4.74. The highest BCUT2D eigenvalue weighted by Gasteiger charge is 2.09. The van der Waals surface area contributed by atoms with E-state index >= 15 is 0 Å². The smallest absolute Gasteiger partial charge is 0.344 e. The van der Waals surface area contributed by atoms with Crippen LogP contribution in [0.15, 0.2) is 69.9 Å². The van der Waals surface area contributed by atoms with E-state index in [4.69, 9.17) is 13.9 Å². The lowest BCUT2D eigenvalue weighted by atomic mass is 10.0. The second-order valence-corrected chi connectivity index (χ2v) is 6.53. The second kappa shape index (κ2) is 8.49. The summed E-state index contributed by atoms with van der Waals surface area (Å²) in [5.41, 5.74) is 2.19. The minimum absolute atomic E-state index is 0.318. The van der Waals surface area contributed by atoms with Crippen molar-refractivity contribution in [1.82, 2.24) is 0 Å². The van der Waals surface area contributed by atoms with Gasteiger partial charge in [-0.2, -0.15) is 0 Å². The molecule has 29 heavy (non-hydrogen) atoms. The zero-order valence-electron chi connectivity index (χ0n) is 16.4. The molecule has 1 aromatic heterocycles. The maximum Gasteiger partial charge on any atom is 0.344 e. The first kappa shape index (κ1) is 20.0. The van der Waals surface area contributed by atoms with Crippen LogP contribution < -0.4 is 10.4 Å². The average molecular weight is 388 g/mol. The van der Waals surface area contributed by atoms with Crippen LogP contribution in [-0.4, -0.2) is 19.2 Å². The fraction of sp³-hybridized carbons (Fsp3) is 0.167. The number of hydrogen-bond acceptors (Lipinski definition) is 5. The van der Waals surface area contributed by atoms with Gasteiger partial charge in [0.15, 0.2) is 6.10 Å². The average Bonchev–Trinajstić information content (AvgIpc) is 2.71. The lowest BCUT2D eigenvalue weighted by Crippen LogP contribution is -2.13. The Morgan fingerprint density at radius 1 is 1.14 bits per heavy atom. The van der Waals surface area contributed by atoms with Crippen molar-refractivity contribution < 1.29 is 18.7 Å². The van der Waals surface area contributed by atoms with Crippen molar-refractivity contribution in [2.24, 2.45) is 0 Å². The highest BCUT2D eigenvalue weighted by atomic mass is 16.5. The van der Waals surface area contributed by atoms with Crippen molar-refractivity contribution in [1.29, 1.82) is 0 Å². The molecule has 1 atom stereocenters. The van der Waals surface area contributed by atoms with Crippen molar-refractivity contribution >= 4 is 16.9 Å². The number of methoxy groups -OCH3 is 1. The molecule has 0 N–H and O–H groups in total. The minimum atomic E-state index is -0.584. The van der Waals surface area contributed by atoms with E-state index in [-0.39, 0.29) is 0 Å². The molecule has 0 spiro atoms. The van der Waals surface area contributed by atoms with Crippen molar-refractivity contribution in [3.63, 3.8) is 0 Å². The van der Waals surface area contributed by atoms with Crippen molar-refractivity contribution in [3.05, 3.63) is 76.7 Å². The van der Waals surface area contributed by atoms with Gasteiger partial charge in [-0.3, -0.25) is 0 Å². The van der Waals surface area contributed by atoms with E-state index in [2.05, 4.69) is 18.4 Å². The Morgan fingerprint density at radius 2 is 1.86 bits per heavy atom. The first-order chi connectivity index (χ1) is 13.9. The minimum Gasteiger partial charge on any atom is -0.497 e. The van der Waals surface area contributed by atoms with Crippen LogP contribution in [0.25, 0.3) is 22.1 Å². The van der Waals surface area contributed by atoms with Crippen LogP contribution in [0.4, 0.5) is 0 Å². The van der Waals surface area contributed by atoms with E-state index in [1.165, 1.54) is 0 Å². The number of carbonyl (C=O) groups is 1. The summed E-state index contributed by atoms with van der Waals surface area (Å²) in [5, 5.41) is 0.780. The molecule has 0 bridgehead atoms. The van der Waals surface area contributed by atoms with E-state index in [1.807, 2.05) is 24.3 Å². The predicted octanol–water partition coefficient (Wildman–Crippen LogP) is 4.33. The van der Waals surface area contributed by atoms with Gasteiger partial charge in [0.1, 0.15) is 11.3 Å². The SMILES string of the molecule is C=C(C)C(=O)OC(C)C#Cc1ccc2cc(-c3ccc(OC)cc3)c(=O)oc2c1. The third-order valence-corrected chi connectivity index (χ3v) is 4.19.